The van der Waals surface area contributed by atoms with E-state index in [0.29, 0.717) is 30.3 Å². The van der Waals surface area contributed by atoms with Gasteiger partial charge in [0.25, 0.3) is 17.5 Å². The normalized spacial score (nSPS) is 14.1. The van der Waals surface area contributed by atoms with Crippen LogP contribution in [0.1, 0.15) is 40.5 Å². The van der Waals surface area contributed by atoms with E-state index in [-0.39, 0.29) is 27.3 Å². The molecule has 1 fully saturated rings. The maximum atomic E-state index is 13.0. The minimum absolute atomic E-state index is 0.0323. The van der Waals surface area contributed by atoms with E-state index in [9.17, 15) is 19.7 Å². The molecule has 162 valence electrons. The Kier molecular flexibility index (Phi) is 7.19. The molecule has 8 nitrogen and oxygen atoms in total. The van der Waals surface area contributed by atoms with Gasteiger partial charge in [-0.1, -0.05) is 30.7 Å². The molecule has 2 N–H and O–H groups in total. The zero-order valence-corrected chi connectivity index (χ0v) is 18.3. The largest absolute Gasteiger partial charge is 0.339 e. The number of carbonyl (C=O) groups is 2. The SMILES string of the molecule is CC1CCN(C(=O)c2ccccc2NC(=S)NC(=O)c2ccc(Cl)c([N+](=O)[O-])c2)CC1. The smallest absolute Gasteiger partial charge is 0.288 e. The fourth-order valence-electron chi connectivity index (χ4n) is 3.28. The second-order valence-corrected chi connectivity index (χ2v) is 8.17. The van der Waals surface area contributed by atoms with Gasteiger partial charge in [-0.25, -0.2) is 0 Å². The van der Waals surface area contributed by atoms with E-state index in [1.54, 1.807) is 24.3 Å². The van der Waals surface area contributed by atoms with Crippen LogP contribution >= 0.6 is 23.8 Å². The molecule has 0 atom stereocenters. The van der Waals surface area contributed by atoms with Crippen LogP contribution < -0.4 is 10.6 Å². The van der Waals surface area contributed by atoms with Gasteiger partial charge >= 0.3 is 0 Å². The van der Waals surface area contributed by atoms with Gasteiger partial charge in [-0.05, 0) is 55.2 Å². The Balaban J connectivity index is 1.70. The number of likely N-dealkylation sites (tertiary alicyclic amines) is 1. The van der Waals surface area contributed by atoms with Gasteiger partial charge in [0, 0.05) is 24.7 Å². The lowest BCUT2D eigenvalue weighted by Gasteiger charge is -2.30. The molecule has 0 aliphatic carbocycles. The molecule has 0 aromatic heterocycles. The standard InChI is InChI=1S/C21H21ClN4O4S/c1-13-8-10-25(11-9-13)20(28)15-4-2-3-5-17(15)23-21(31)24-19(27)14-6-7-16(22)18(12-14)26(29)30/h2-7,12-13H,8-11H2,1H3,(H2,23,24,27,31). The summed E-state index contributed by atoms with van der Waals surface area (Å²) in [6, 6.07) is 10.6. The van der Waals surface area contributed by atoms with Crippen molar-refractivity contribution in [3.05, 3.63) is 68.7 Å². The number of anilines is 1. The van der Waals surface area contributed by atoms with Crippen molar-refractivity contribution in [2.45, 2.75) is 19.8 Å². The number of hydrogen-bond acceptors (Lipinski definition) is 5. The van der Waals surface area contributed by atoms with Crippen LogP contribution in [-0.2, 0) is 0 Å². The van der Waals surface area contributed by atoms with Crippen LogP contribution in [0.15, 0.2) is 42.5 Å². The summed E-state index contributed by atoms with van der Waals surface area (Å²) in [5.41, 5.74) is 0.585. The average molecular weight is 461 g/mol. The van der Waals surface area contributed by atoms with Gasteiger partial charge in [-0.3, -0.25) is 25.0 Å². The summed E-state index contributed by atoms with van der Waals surface area (Å²) in [4.78, 5) is 37.6. The zero-order chi connectivity index (χ0) is 22.5. The summed E-state index contributed by atoms with van der Waals surface area (Å²) in [5, 5.41) is 16.3. The molecule has 0 unspecified atom stereocenters. The molecule has 1 aliphatic rings. The minimum atomic E-state index is -0.668. The van der Waals surface area contributed by atoms with Crippen molar-refractivity contribution in [3.63, 3.8) is 0 Å². The van der Waals surface area contributed by atoms with Gasteiger partial charge in [0.2, 0.25) is 0 Å². The Labute approximate surface area is 189 Å². The van der Waals surface area contributed by atoms with Crippen LogP contribution in [-0.4, -0.2) is 39.8 Å². The molecule has 0 radical (unpaired) electrons. The topological polar surface area (TPSA) is 105 Å². The summed E-state index contributed by atoms with van der Waals surface area (Å²) in [6.45, 7) is 3.57. The van der Waals surface area contributed by atoms with Crippen LogP contribution in [0.2, 0.25) is 5.02 Å². The first-order valence-electron chi connectivity index (χ1n) is 9.71. The molecule has 31 heavy (non-hydrogen) atoms. The van der Waals surface area contributed by atoms with Crippen LogP contribution in [0.5, 0.6) is 0 Å². The molecule has 2 amide bonds. The van der Waals surface area contributed by atoms with Gasteiger partial charge < -0.3 is 10.2 Å². The van der Waals surface area contributed by atoms with Crippen molar-refractivity contribution in [2.24, 2.45) is 5.92 Å². The maximum Gasteiger partial charge on any atom is 0.288 e. The van der Waals surface area contributed by atoms with E-state index >= 15 is 0 Å². The van der Waals surface area contributed by atoms with Crippen LogP contribution in [0.3, 0.4) is 0 Å². The summed E-state index contributed by atoms with van der Waals surface area (Å²) < 4.78 is 0. The maximum absolute atomic E-state index is 13.0. The number of amides is 2. The Hall–Kier alpha value is -3.04. The quantitative estimate of drug-likeness (QED) is 0.401. The molecule has 0 saturated carbocycles. The molecular formula is C21H21ClN4O4S. The molecule has 0 spiro atoms. The van der Waals surface area contributed by atoms with Crippen molar-refractivity contribution < 1.29 is 14.5 Å². The van der Waals surface area contributed by atoms with Crippen molar-refractivity contribution in [1.82, 2.24) is 10.2 Å². The van der Waals surface area contributed by atoms with Crippen LogP contribution in [0.4, 0.5) is 11.4 Å². The predicted octanol–water partition coefficient (Wildman–Crippen LogP) is 4.25. The second kappa shape index (κ2) is 9.84. The Bertz CT molecular complexity index is 1040. The molecule has 2 aromatic rings. The fourth-order valence-corrected chi connectivity index (χ4v) is 3.67. The lowest BCUT2D eigenvalue weighted by atomic mass is 9.98. The molecule has 1 heterocycles. The lowest BCUT2D eigenvalue weighted by Crippen LogP contribution is -2.39. The summed E-state index contributed by atoms with van der Waals surface area (Å²) >= 11 is 11.0. The van der Waals surface area contributed by atoms with Gasteiger partial charge in [0.15, 0.2) is 5.11 Å². The zero-order valence-electron chi connectivity index (χ0n) is 16.8. The number of nitrogens with one attached hydrogen (secondary N) is 2. The number of nitrogens with zero attached hydrogens (tertiary/aromatic N) is 2. The predicted molar refractivity (Wildman–Crippen MR) is 123 cm³/mol. The molecule has 2 aromatic carbocycles. The number of hydrogen-bond donors (Lipinski definition) is 2. The second-order valence-electron chi connectivity index (χ2n) is 7.35. The third kappa shape index (κ3) is 5.56. The van der Waals surface area contributed by atoms with E-state index in [2.05, 4.69) is 17.6 Å². The monoisotopic (exact) mass is 460 g/mol. The summed E-state index contributed by atoms with van der Waals surface area (Å²) in [7, 11) is 0. The number of carbonyl (C=O) groups excluding carboxylic acids is 2. The van der Waals surface area contributed by atoms with Crippen LogP contribution in [0.25, 0.3) is 0 Å². The molecule has 1 saturated heterocycles. The number of thiocarbonyl (C=S) groups is 1. The van der Waals surface area contributed by atoms with Crippen LogP contribution in [0, 0.1) is 16.0 Å². The molecular weight excluding hydrogens is 440 g/mol. The first kappa shape index (κ1) is 22.6. The third-order valence-corrected chi connectivity index (χ3v) is 5.63. The van der Waals surface area contributed by atoms with Crippen molar-refractivity contribution in [2.75, 3.05) is 18.4 Å². The number of piperidine rings is 1. The number of rotatable bonds is 4. The number of nitro groups is 1. The number of para-hydroxylation sites is 1. The molecule has 10 heteroatoms. The van der Waals surface area contributed by atoms with E-state index in [4.69, 9.17) is 23.8 Å². The minimum Gasteiger partial charge on any atom is -0.339 e. The van der Waals surface area contributed by atoms with Crippen molar-refractivity contribution in [3.8, 4) is 0 Å². The average Bonchev–Trinajstić information content (AvgIpc) is 2.74. The van der Waals surface area contributed by atoms with E-state index in [0.717, 1.165) is 18.9 Å². The summed E-state index contributed by atoms with van der Waals surface area (Å²) in [6.07, 6.45) is 1.92. The highest BCUT2D eigenvalue weighted by atomic mass is 35.5. The Morgan fingerprint density at radius 2 is 1.87 bits per heavy atom. The first-order valence-corrected chi connectivity index (χ1v) is 10.5. The van der Waals surface area contributed by atoms with Crippen molar-refractivity contribution >= 4 is 52.1 Å². The Morgan fingerprint density at radius 1 is 1.19 bits per heavy atom. The van der Waals surface area contributed by atoms with E-state index in [1.165, 1.54) is 12.1 Å². The highest BCUT2D eigenvalue weighted by Crippen LogP contribution is 2.25. The first-order chi connectivity index (χ1) is 14.8. The number of nitro benzene ring substituents is 1. The van der Waals surface area contributed by atoms with Gasteiger partial charge in [-0.15, -0.1) is 0 Å². The lowest BCUT2D eigenvalue weighted by molar-refractivity contribution is -0.384. The number of benzene rings is 2. The van der Waals surface area contributed by atoms with Crippen molar-refractivity contribution in [1.29, 1.82) is 0 Å². The van der Waals surface area contributed by atoms with Gasteiger partial charge in [0.05, 0.1) is 16.2 Å². The molecule has 3 rings (SSSR count). The highest BCUT2D eigenvalue weighted by Gasteiger charge is 2.23. The Morgan fingerprint density at radius 3 is 2.55 bits per heavy atom. The fraction of sp³-hybridized carbons (Fsp3) is 0.286. The van der Waals surface area contributed by atoms with E-state index in [1.807, 2.05) is 4.90 Å². The summed E-state index contributed by atoms with van der Waals surface area (Å²) in [5.74, 6) is -0.132. The highest BCUT2D eigenvalue weighted by molar-refractivity contribution is 7.80. The third-order valence-electron chi connectivity index (χ3n) is 5.11. The van der Waals surface area contributed by atoms with Gasteiger partial charge in [0.1, 0.15) is 5.02 Å². The number of halogens is 1. The van der Waals surface area contributed by atoms with Gasteiger partial charge in [-0.2, -0.15) is 0 Å². The molecule has 0 bridgehead atoms. The molecule has 1 aliphatic heterocycles. The van der Waals surface area contributed by atoms with E-state index < -0.39 is 10.8 Å².